The summed E-state index contributed by atoms with van der Waals surface area (Å²) in [4.78, 5) is 4.06. The average Bonchev–Trinajstić information content (AvgIpc) is 2.30. The van der Waals surface area contributed by atoms with Gasteiger partial charge in [-0.3, -0.25) is 4.99 Å². The lowest BCUT2D eigenvalue weighted by atomic mass is 9.93. The van der Waals surface area contributed by atoms with Crippen LogP contribution in [0.25, 0.3) is 0 Å². The Hall–Kier alpha value is -1.55. The van der Waals surface area contributed by atoms with Gasteiger partial charge in [0.1, 0.15) is 0 Å². The first-order valence-electron chi connectivity index (χ1n) is 5.37. The Kier molecular flexibility index (Phi) is 4.31. The van der Waals surface area contributed by atoms with Crippen LogP contribution >= 0.6 is 0 Å². The molecule has 0 spiro atoms. The third kappa shape index (κ3) is 2.97. The smallest absolute Gasteiger partial charge is 0.189 e. The predicted octanol–water partition coefficient (Wildman–Crippen LogP) is 0.818. The molecule has 4 nitrogen and oxygen atoms in total. The van der Waals surface area contributed by atoms with Crippen molar-refractivity contribution in [2.45, 2.75) is 19.4 Å². The van der Waals surface area contributed by atoms with Gasteiger partial charge in [-0.25, -0.2) is 0 Å². The van der Waals surface area contributed by atoms with E-state index in [1.165, 1.54) is 0 Å². The predicted molar refractivity (Wildman–Crippen MR) is 66.2 cm³/mol. The van der Waals surface area contributed by atoms with Crippen LogP contribution < -0.4 is 11.1 Å². The molecule has 16 heavy (non-hydrogen) atoms. The Morgan fingerprint density at radius 1 is 1.44 bits per heavy atom. The van der Waals surface area contributed by atoms with Crippen molar-refractivity contribution < 1.29 is 5.11 Å². The van der Waals surface area contributed by atoms with Gasteiger partial charge < -0.3 is 16.2 Å². The van der Waals surface area contributed by atoms with E-state index in [9.17, 15) is 5.11 Å². The summed E-state index contributed by atoms with van der Waals surface area (Å²) in [5, 5.41) is 12.5. The van der Waals surface area contributed by atoms with Crippen LogP contribution in [0.2, 0.25) is 0 Å². The minimum Gasteiger partial charge on any atom is -0.394 e. The molecule has 88 valence electrons. The van der Waals surface area contributed by atoms with Gasteiger partial charge in [-0.2, -0.15) is 0 Å². The van der Waals surface area contributed by atoms with Crippen LogP contribution in [0.5, 0.6) is 0 Å². The van der Waals surface area contributed by atoms with E-state index in [4.69, 9.17) is 5.73 Å². The summed E-state index contributed by atoms with van der Waals surface area (Å²) in [5.74, 6) is 0.350. The van der Waals surface area contributed by atoms with Crippen molar-refractivity contribution in [1.82, 2.24) is 5.32 Å². The highest BCUT2D eigenvalue weighted by atomic mass is 16.3. The lowest BCUT2D eigenvalue weighted by Gasteiger charge is -2.29. The van der Waals surface area contributed by atoms with Crippen LogP contribution in [0.15, 0.2) is 35.3 Å². The Labute approximate surface area is 96.2 Å². The number of aliphatic imine (C=N–C) groups is 1. The van der Waals surface area contributed by atoms with Gasteiger partial charge >= 0.3 is 0 Å². The lowest BCUT2D eigenvalue weighted by Crippen LogP contribution is -2.49. The van der Waals surface area contributed by atoms with Gasteiger partial charge in [0.2, 0.25) is 0 Å². The zero-order chi connectivity index (χ0) is 12.0. The lowest BCUT2D eigenvalue weighted by molar-refractivity contribution is 0.193. The molecule has 0 aliphatic heterocycles. The summed E-state index contributed by atoms with van der Waals surface area (Å²) in [5.41, 5.74) is 6.10. The number of nitrogens with zero attached hydrogens (tertiary/aromatic N) is 1. The fraction of sp³-hybridized carbons (Fsp3) is 0.417. The van der Waals surface area contributed by atoms with E-state index in [2.05, 4.69) is 10.3 Å². The van der Waals surface area contributed by atoms with Crippen LogP contribution in [0, 0.1) is 0 Å². The summed E-state index contributed by atoms with van der Waals surface area (Å²) in [6.07, 6.45) is 0. The van der Waals surface area contributed by atoms with Gasteiger partial charge in [0, 0.05) is 6.54 Å². The van der Waals surface area contributed by atoms with Crippen molar-refractivity contribution in [3.05, 3.63) is 35.9 Å². The maximum absolute atomic E-state index is 9.48. The number of rotatable bonds is 4. The molecule has 1 unspecified atom stereocenters. The maximum atomic E-state index is 9.48. The number of aliphatic hydroxyl groups is 1. The molecule has 0 aliphatic rings. The van der Waals surface area contributed by atoms with Crippen LogP contribution in [-0.2, 0) is 5.54 Å². The first-order chi connectivity index (χ1) is 7.62. The zero-order valence-electron chi connectivity index (χ0n) is 9.77. The number of hydrogen-bond acceptors (Lipinski definition) is 2. The molecule has 0 amide bonds. The van der Waals surface area contributed by atoms with Crippen LogP contribution in [-0.4, -0.2) is 24.2 Å². The second-order valence-corrected chi connectivity index (χ2v) is 3.84. The summed E-state index contributed by atoms with van der Waals surface area (Å²) in [7, 11) is 0. The minimum absolute atomic E-state index is 0.0447. The fourth-order valence-electron chi connectivity index (χ4n) is 1.50. The molecule has 0 aromatic heterocycles. The largest absolute Gasteiger partial charge is 0.394 e. The first-order valence-corrected chi connectivity index (χ1v) is 5.37. The second kappa shape index (κ2) is 5.51. The molecule has 0 radical (unpaired) electrons. The third-order valence-electron chi connectivity index (χ3n) is 2.46. The maximum Gasteiger partial charge on any atom is 0.189 e. The number of guanidine groups is 1. The molecular weight excluding hydrogens is 202 g/mol. The van der Waals surface area contributed by atoms with Crippen LogP contribution in [0.1, 0.15) is 19.4 Å². The summed E-state index contributed by atoms with van der Waals surface area (Å²) in [6, 6.07) is 9.69. The number of benzene rings is 1. The number of aliphatic hydroxyl groups excluding tert-OH is 1. The minimum atomic E-state index is -0.593. The standard InChI is InChI=1S/C12H19N3O/c1-3-14-11(13)15-12(2,9-16)10-7-5-4-6-8-10/h4-8,16H,3,9H2,1-2H3,(H3,13,14,15). The molecule has 1 aromatic rings. The second-order valence-electron chi connectivity index (χ2n) is 3.84. The van der Waals surface area contributed by atoms with E-state index < -0.39 is 5.54 Å². The van der Waals surface area contributed by atoms with Crippen molar-refractivity contribution in [3.8, 4) is 0 Å². The Morgan fingerprint density at radius 2 is 2.06 bits per heavy atom. The van der Waals surface area contributed by atoms with Gasteiger partial charge in [0.25, 0.3) is 0 Å². The highest BCUT2D eigenvalue weighted by Gasteiger charge is 2.25. The molecule has 0 heterocycles. The molecule has 0 fully saturated rings. The molecule has 1 rings (SSSR count). The van der Waals surface area contributed by atoms with Crippen LogP contribution in [0.4, 0.5) is 0 Å². The van der Waals surface area contributed by atoms with E-state index >= 15 is 0 Å². The molecule has 4 N–H and O–H groups in total. The number of nitrogens with one attached hydrogen (secondary N) is 1. The summed E-state index contributed by atoms with van der Waals surface area (Å²) >= 11 is 0. The highest BCUT2D eigenvalue weighted by Crippen LogP contribution is 2.19. The fourth-order valence-corrected chi connectivity index (χ4v) is 1.50. The molecular formula is C12H19N3O. The van der Waals surface area contributed by atoms with Gasteiger partial charge in [-0.05, 0) is 19.4 Å². The van der Waals surface area contributed by atoms with Crippen molar-refractivity contribution in [2.75, 3.05) is 13.2 Å². The molecule has 1 atom stereocenters. The van der Waals surface area contributed by atoms with E-state index in [1.54, 1.807) is 0 Å². The molecule has 1 aromatic carbocycles. The highest BCUT2D eigenvalue weighted by molar-refractivity contribution is 5.78. The van der Waals surface area contributed by atoms with Crippen molar-refractivity contribution in [2.24, 2.45) is 10.7 Å². The van der Waals surface area contributed by atoms with Crippen LogP contribution in [0.3, 0.4) is 0 Å². The van der Waals surface area contributed by atoms with E-state index in [0.717, 1.165) is 5.56 Å². The van der Waals surface area contributed by atoms with E-state index in [1.807, 2.05) is 44.2 Å². The SMILES string of the molecule is CCN=C(N)NC(C)(CO)c1ccccc1. The normalized spacial score (nSPS) is 15.6. The monoisotopic (exact) mass is 221 g/mol. The molecule has 0 saturated carbocycles. The zero-order valence-corrected chi connectivity index (χ0v) is 9.77. The number of hydrogen-bond donors (Lipinski definition) is 3. The van der Waals surface area contributed by atoms with Gasteiger partial charge in [0.05, 0.1) is 12.1 Å². The Balaban J connectivity index is 2.90. The first kappa shape index (κ1) is 12.5. The summed E-state index contributed by atoms with van der Waals surface area (Å²) < 4.78 is 0. The van der Waals surface area contributed by atoms with Gasteiger partial charge in [-0.15, -0.1) is 0 Å². The van der Waals surface area contributed by atoms with Crippen molar-refractivity contribution in [1.29, 1.82) is 0 Å². The quantitative estimate of drug-likeness (QED) is 0.520. The van der Waals surface area contributed by atoms with Gasteiger partial charge in [-0.1, -0.05) is 30.3 Å². The third-order valence-corrected chi connectivity index (χ3v) is 2.46. The van der Waals surface area contributed by atoms with Crippen molar-refractivity contribution in [3.63, 3.8) is 0 Å². The Morgan fingerprint density at radius 3 is 2.56 bits per heavy atom. The van der Waals surface area contributed by atoms with E-state index in [-0.39, 0.29) is 6.61 Å². The molecule has 4 heteroatoms. The molecule has 0 saturated heterocycles. The van der Waals surface area contributed by atoms with Gasteiger partial charge in [0.15, 0.2) is 5.96 Å². The average molecular weight is 221 g/mol. The topological polar surface area (TPSA) is 70.6 Å². The summed E-state index contributed by atoms with van der Waals surface area (Å²) in [6.45, 7) is 4.37. The van der Waals surface area contributed by atoms with Crippen molar-refractivity contribution >= 4 is 5.96 Å². The Bertz CT molecular complexity index is 351. The van der Waals surface area contributed by atoms with E-state index in [0.29, 0.717) is 12.5 Å². The molecule has 0 aliphatic carbocycles. The molecule has 0 bridgehead atoms. The number of nitrogens with two attached hydrogens (primary N) is 1.